The van der Waals surface area contributed by atoms with E-state index in [4.69, 9.17) is 10.2 Å². The zero-order valence-corrected chi connectivity index (χ0v) is 27.2. The fourth-order valence-electron chi connectivity index (χ4n) is 5.29. The summed E-state index contributed by atoms with van der Waals surface area (Å²) in [6.45, 7) is 6.28. The Morgan fingerprint density at radius 1 is 0.381 bits per heavy atom. The standard InChI is InChI=1S/C34H64N2O6/c1-3-5-7-9-11-13-15-17-19-21-27-35(31(37)23-25-33(39)40)29-30-36(32(38)24-26-34(41)42)28-22-20-18-16-14-12-10-8-6-4-2/h3-30H2,1-2H3,(H,39,40)(H,41,42). The van der Waals surface area contributed by atoms with Crippen molar-refractivity contribution in [3.8, 4) is 0 Å². The van der Waals surface area contributed by atoms with Crippen LogP contribution in [0.15, 0.2) is 0 Å². The summed E-state index contributed by atoms with van der Waals surface area (Å²) in [5, 5.41) is 18.1. The monoisotopic (exact) mass is 596 g/mol. The molecule has 42 heavy (non-hydrogen) atoms. The minimum absolute atomic E-state index is 0.0432. The molecule has 8 nitrogen and oxygen atoms in total. The molecule has 0 rings (SSSR count). The van der Waals surface area contributed by atoms with Gasteiger partial charge in [0.2, 0.25) is 11.8 Å². The topological polar surface area (TPSA) is 115 Å². The van der Waals surface area contributed by atoms with Gasteiger partial charge in [-0.1, -0.05) is 129 Å². The van der Waals surface area contributed by atoms with Gasteiger partial charge in [0, 0.05) is 39.0 Å². The second-order valence-corrected chi connectivity index (χ2v) is 11.9. The molecule has 0 radical (unpaired) electrons. The van der Waals surface area contributed by atoms with E-state index >= 15 is 0 Å². The number of carbonyl (C=O) groups is 4. The molecule has 2 amide bonds. The minimum atomic E-state index is -0.992. The molecule has 0 aliphatic carbocycles. The average molecular weight is 597 g/mol. The number of rotatable bonds is 31. The first kappa shape index (κ1) is 39.9. The zero-order chi connectivity index (χ0) is 31.3. The van der Waals surface area contributed by atoms with E-state index in [2.05, 4.69) is 13.8 Å². The molecule has 0 fully saturated rings. The molecule has 0 saturated heterocycles. The Morgan fingerprint density at radius 2 is 0.643 bits per heavy atom. The van der Waals surface area contributed by atoms with Crippen molar-refractivity contribution in [2.45, 2.75) is 168 Å². The zero-order valence-electron chi connectivity index (χ0n) is 27.2. The summed E-state index contributed by atoms with van der Waals surface area (Å²) in [7, 11) is 0. The lowest BCUT2D eigenvalue weighted by atomic mass is 10.1. The first-order valence-electron chi connectivity index (χ1n) is 17.3. The molecular formula is C34H64N2O6. The summed E-state index contributed by atoms with van der Waals surface area (Å²) in [6.07, 6.45) is 23.4. The van der Waals surface area contributed by atoms with E-state index in [0.717, 1.165) is 38.5 Å². The lowest BCUT2D eigenvalue weighted by Crippen LogP contribution is -2.42. The van der Waals surface area contributed by atoms with Crippen LogP contribution < -0.4 is 0 Å². The molecule has 0 heterocycles. The van der Waals surface area contributed by atoms with Gasteiger partial charge in [-0.3, -0.25) is 19.2 Å². The van der Waals surface area contributed by atoms with E-state index in [1.165, 1.54) is 89.9 Å². The van der Waals surface area contributed by atoms with Crippen molar-refractivity contribution < 1.29 is 29.4 Å². The lowest BCUT2D eigenvalue weighted by molar-refractivity contribution is -0.142. The largest absolute Gasteiger partial charge is 0.481 e. The predicted octanol–water partition coefficient (Wildman–Crippen LogP) is 8.22. The van der Waals surface area contributed by atoms with Crippen molar-refractivity contribution in [1.82, 2.24) is 9.80 Å². The number of hydrogen-bond donors (Lipinski definition) is 2. The van der Waals surface area contributed by atoms with Crippen LogP contribution >= 0.6 is 0 Å². The van der Waals surface area contributed by atoms with E-state index in [1.807, 2.05) is 0 Å². The van der Waals surface area contributed by atoms with Crippen LogP contribution in [0.25, 0.3) is 0 Å². The van der Waals surface area contributed by atoms with Gasteiger partial charge in [-0.25, -0.2) is 0 Å². The minimum Gasteiger partial charge on any atom is -0.481 e. The van der Waals surface area contributed by atoms with Crippen LogP contribution in [0, 0.1) is 0 Å². The molecule has 8 heteroatoms. The molecular weight excluding hydrogens is 532 g/mol. The maximum atomic E-state index is 12.9. The smallest absolute Gasteiger partial charge is 0.303 e. The van der Waals surface area contributed by atoms with Crippen molar-refractivity contribution in [1.29, 1.82) is 0 Å². The van der Waals surface area contributed by atoms with Gasteiger partial charge in [-0.2, -0.15) is 0 Å². The molecule has 2 N–H and O–H groups in total. The van der Waals surface area contributed by atoms with Gasteiger partial charge in [0.05, 0.1) is 12.8 Å². The van der Waals surface area contributed by atoms with E-state index in [0.29, 0.717) is 26.2 Å². The molecule has 0 unspecified atom stereocenters. The van der Waals surface area contributed by atoms with E-state index < -0.39 is 11.9 Å². The Morgan fingerprint density at radius 3 is 0.905 bits per heavy atom. The van der Waals surface area contributed by atoms with Gasteiger partial charge < -0.3 is 20.0 Å². The van der Waals surface area contributed by atoms with Crippen molar-refractivity contribution in [2.75, 3.05) is 26.2 Å². The summed E-state index contributed by atoms with van der Waals surface area (Å²) in [5.41, 5.74) is 0. The quantitative estimate of drug-likeness (QED) is 0.0779. The van der Waals surface area contributed by atoms with Crippen LogP contribution in [0.2, 0.25) is 0 Å². The molecule has 0 aromatic carbocycles. The van der Waals surface area contributed by atoms with E-state index in [1.54, 1.807) is 9.80 Å². The molecule has 0 bridgehead atoms. The van der Waals surface area contributed by atoms with Crippen molar-refractivity contribution in [2.24, 2.45) is 0 Å². The SMILES string of the molecule is CCCCCCCCCCCCN(CCN(CCCCCCCCCCCC)C(=O)CCC(=O)O)C(=O)CCC(=O)O. The van der Waals surface area contributed by atoms with Gasteiger partial charge in [0.15, 0.2) is 0 Å². The Labute approximate surface area is 257 Å². The van der Waals surface area contributed by atoms with Crippen LogP contribution in [0.5, 0.6) is 0 Å². The summed E-state index contributed by atoms with van der Waals surface area (Å²) in [6, 6.07) is 0. The maximum Gasteiger partial charge on any atom is 0.303 e. The van der Waals surface area contributed by atoms with Gasteiger partial charge in [-0.15, -0.1) is 0 Å². The normalized spacial score (nSPS) is 11.0. The second-order valence-electron chi connectivity index (χ2n) is 11.9. The van der Waals surface area contributed by atoms with E-state index in [-0.39, 0.29) is 37.5 Å². The van der Waals surface area contributed by atoms with Crippen LogP contribution in [0.1, 0.15) is 168 Å². The maximum absolute atomic E-state index is 12.9. The predicted molar refractivity (Wildman–Crippen MR) is 171 cm³/mol. The summed E-state index contributed by atoms with van der Waals surface area (Å²) in [4.78, 5) is 51.3. The summed E-state index contributed by atoms with van der Waals surface area (Å²) in [5.74, 6) is -2.36. The first-order valence-corrected chi connectivity index (χ1v) is 17.3. The van der Waals surface area contributed by atoms with Crippen LogP contribution in [0.4, 0.5) is 0 Å². The Bertz CT molecular complexity index is 642. The Hall–Kier alpha value is -2.12. The molecule has 0 aliphatic rings. The molecule has 246 valence electrons. The Balaban J connectivity index is 4.73. The fraction of sp³-hybridized carbons (Fsp3) is 0.882. The van der Waals surface area contributed by atoms with Gasteiger partial charge in [0.25, 0.3) is 0 Å². The lowest BCUT2D eigenvalue weighted by Gasteiger charge is -2.28. The van der Waals surface area contributed by atoms with Crippen LogP contribution in [-0.4, -0.2) is 69.9 Å². The fourth-order valence-corrected chi connectivity index (χ4v) is 5.29. The third-order valence-electron chi connectivity index (χ3n) is 8.01. The van der Waals surface area contributed by atoms with Crippen LogP contribution in [-0.2, 0) is 19.2 Å². The molecule has 0 aliphatic heterocycles. The number of carbonyl (C=O) groups excluding carboxylic acids is 2. The summed E-state index contributed by atoms with van der Waals surface area (Å²) >= 11 is 0. The van der Waals surface area contributed by atoms with Gasteiger partial charge in [0.1, 0.15) is 0 Å². The van der Waals surface area contributed by atoms with Gasteiger partial charge >= 0.3 is 11.9 Å². The highest BCUT2D eigenvalue weighted by atomic mass is 16.4. The van der Waals surface area contributed by atoms with Crippen molar-refractivity contribution >= 4 is 23.8 Å². The van der Waals surface area contributed by atoms with Crippen molar-refractivity contribution in [3.63, 3.8) is 0 Å². The van der Waals surface area contributed by atoms with Crippen LogP contribution in [0.3, 0.4) is 0 Å². The number of nitrogens with zero attached hydrogens (tertiary/aromatic N) is 2. The Kier molecular flexibility index (Phi) is 27.5. The van der Waals surface area contributed by atoms with Crippen molar-refractivity contribution in [3.05, 3.63) is 0 Å². The number of hydrogen-bond acceptors (Lipinski definition) is 4. The third-order valence-corrected chi connectivity index (χ3v) is 8.01. The third kappa shape index (κ3) is 25.6. The number of amides is 2. The average Bonchev–Trinajstić information content (AvgIpc) is 2.96. The number of carboxylic acids is 2. The molecule has 0 aromatic heterocycles. The molecule has 0 aromatic rings. The highest BCUT2D eigenvalue weighted by Crippen LogP contribution is 2.13. The summed E-state index contributed by atoms with van der Waals surface area (Å²) < 4.78 is 0. The highest BCUT2D eigenvalue weighted by molar-refractivity contribution is 5.81. The highest BCUT2D eigenvalue weighted by Gasteiger charge is 2.19. The van der Waals surface area contributed by atoms with E-state index in [9.17, 15) is 19.2 Å². The second kappa shape index (κ2) is 29.0. The number of aliphatic carboxylic acids is 2. The van der Waals surface area contributed by atoms with Gasteiger partial charge in [-0.05, 0) is 12.8 Å². The molecule has 0 atom stereocenters. The first-order chi connectivity index (χ1) is 20.3. The number of unbranched alkanes of at least 4 members (excludes halogenated alkanes) is 18. The molecule has 0 spiro atoms. The molecule has 0 saturated carbocycles. The number of carboxylic acid groups (broad SMARTS) is 2.